The number of hydrogen-bond acceptors (Lipinski definition) is 24. The maximum atomic E-state index is 13.4. The number of ketones is 1. The second kappa shape index (κ2) is 19.6. The van der Waals surface area contributed by atoms with E-state index in [0.29, 0.717) is 5.56 Å². The summed E-state index contributed by atoms with van der Waals surface area (Å²) in [5.41, 5.74) is 0.219. The monoisotopic (exact) mass is 904 g/mol. The smallest absolute Gasteiger partial charge is 0.229 e. The Kier molecular flexibility index (Phi) is 14.8. The number of aliphatic hydroxyl groups is 13. The molecule has 24 heteroatoms. The molecule has 352 valence electrons. The summed E-state index contributed by atoms with van der Waals surface area (Å²) < 4.78 is 52.1. The predicted octanol–water partition coefficient (Wildman–Crippen LogP) is -5.87. The SMILES string of the molecule is C[C@@H]1O[C@@H](O[C@H]2[C@H](Oc3cc(O)c4c(c3)O[C@H](c3ccc(O[C@H]5O[C@H](CO)[C@@H](O)[C@H](O)[C@H]5O)cc3)CC4=O)O[C@H](CO)[C@@H](O)[C@@H]2O[C@H]2O[C@H](CO)[C@@H](O)[C@H](O)[C@H]2O)[C@H](O)[C@H](O)[C@H]1O. The molecule has 0 radical (unpaired) electrons. The molecule has 2 aromatic carbocycles. The molecule has 5 aliphatic heterocycles. The molecule has 4 fully saturated rings. The third-order valence-corrected chi connectivity index (χ3v) is 11.6. The van der Waals surface area contributed by atoms with Crippen molar-refractivity contribution < 1.29 is 119 Å². The Morgan fingerprint density at radius 2 is 1.05 bits per heavy atom. The number of carbonyl (C=O) groups excluding carboxylic acids is 1. The van der Waals surface area contributed by atoms with Crippen LogP contribution in [0.5, 0.6) is 23.0 Å². The van der Waals surface area contributed by atoms with Crippen molar-refractivity contribution in [2.45, 2.75) is 142 Å². The maximum absolute atomic E-state index is 13.4. The van der Waals surface area contributed by atoms with Crippen LogP contribution in [0.25, 0.3) is 0 Å². The molecule has 2 aromatic rings. The zero-order chi connectivity index (χ0) is 45.6. The van der Waals surface area contributed by atoms with Gasteiger partial charge in [-0.2, -0.15) is 0 Å². The predicted molar refractivity (Wildman–Crippen MR) is 200 cm³/mol. The van der Waals surface area contributed by atoms with E-state index in [1.165, 1.54) is 37.3 Å². The lowest BCUT2D eigenvalue weighted by Gasteiger charge is -2.48. The van der Waals surface area contributed by atoms with Crippen LogP contribution in [0.1, 0.15) is 35.4 Å². The molecule has 24 nitrogen and oxygen atoms in total. The van der Waals surface area contributed by atoms with Gasteiger partial charge in [0.2, 0.25) is 12.6 Å². The lowest BCUT2D eigenvalue weighted by Crippen LogP contribution is -2.67. The Morgan fingerprint density at radius 1 is 0.556 bits per heavy atom. The van der Waals surface area contributed by atoms with Crippen molar-refractivity contribution in [2.75, 3.05) is 19.8 Å². The second-order valence-electron chi connectivity index (χ2n) is 15.8. The summed E-state index contributed by atoms with van der Waals surface area (Å²) >= 11 is 0. The topological polar surface area (TPSA) is 383 Å². The second-order valence-corrected chi connectivity index (χ2v) is 15.8. The summed E-state index contributed by atoms with van der Waals surface area (Å²) in [6.07, 6.45) is -35.0. The lowest BCUT2D eigenvalue weighted by atomic mass is 9.95. The molecule has 0 unspecified atom stereocenters. The molecule has 0 aliphatic carbocycles. The van der Waals surface area contributed by atoms with Crippen molar-refractivity contribution in [3.63, 3.8) is 0 Å². The molecule has 14 N–H and O–H groups in total. The molecule has 0 amide bonds. The van der Waals surface area contributed by atoms with Crippen LogP contribution in [0, 0.1) is 0 Å². The van der Waals surface area contributed by atoms with Crippen molar-refractivity contribution >= 4 is 5.78 Å². The highest BCUT2D eigenvalue weighted by Crippen LogP contribution is 2.43. The van der Waals surface area contributed by atoms with Crippen LogP contribution in [-0.4, -0.2) is 220 Å². The first kappa shape index (κ1) is 47.5. The minimum atomic E-state index is -2.00. The van der Waals surface area contributed by atoms with Crippen LogP contribution in [0.3, 0.4) is 0 Å². The van der Waals surface area contributed by atoms with E-state index in [1.54, 1.807) is 0 Å². The number of fused-ring (bicyclic) bond motifs is 1. The van der Waals surface area contributed by atoms with Crippen molar-refractivity contribution in [2.24, 2.45) is 0 Å². The summed E-state index contributed by atoms with van der Waals surface area (Å²) in [4.78, 5) is 13.4. The van der Waals surface area contributed by atoms with Gasteiger partial charge in [0.25, 0.3) is 0 Å². The number of benzene rings is 2. The summed E-state index contributed by atoms with van der Waals surface area (Å²) in [6.45, 7) is -1.04. The van der Waals surface area contributed by atoms with Crippen molar-refractivity contribution in [1.82, 2.24) is 0 Å². The Hall–Kier alpha value is -3.45. The van der Waals surface area contributed by atoms with E-state index < -0.39 is 160 Å². The van der Waals surface area contributed by atoms with Gasteiger partial charge in [-0.25, -0.2) is 0 Å². The van der Waals surface area contributed by atoms with Crippen molar-refractivity contribution in [3.8, 4) is 23.0 Å². The van der Waals surface area contributed by atoms with Gasteiger partial charge in [0, 0.05) is 12.1 Å². The minimum Gasteiger partial charge on any atom is -0.507 e. The first-order valence-corrected chi connectivity index (χ1v) is 20.0. The molecule has 0 bridgehead atoms. The van der Waals surface area contributed by atoms with E-state index in [9.17, 15) is 76.3 Å². The van der Waals surface area contributed by atoms with E-state index in [-0.39, 0.29) is 29.2 Å². The average Bonchev–Trinajstić information content (AvgIpc) is 3.26. The molecule has 0 saturated carbocycles. The van der Waals surface area contributed by atoms with Gasteiger partial charge in [0.15, 0.2) is 24.5 Å². The zero-order valence-electron chi connectivity index (χ0n) is 33.3. The van der Waals surface area contributed by atoms with Gasteiger partial charge in [-0.05, 0) is 24.6 Å². The van der Waals surface area contributed by atoms with Gasteiger partial charge in [-0.3, -0.25) is 4.79 Å². The fraction of sp³-hybridized carbons (Fsp3) is 0.667. The number of Topliss-reactive ketones (excluding diaryl/α,β-unsaturated/α-hetero) is 1. The highest BCUT2D eigenvalue weighted by molar-refractivity contribution is 6.02. The fourth-order valence-electron chi connectivity index (χ4n) is 7.91. The van der Waals surface area contributed by atoms with E-state index in [4.69, 9.17) is 42.6 Å². The van der Waals surface area contributed by atoms with Gasteiger partial charge in [0.1, 0.15) is 120 Å². The molecular weight excluding hydrogens is 852 g/mol. The summed E-state index contributed by atoms with van der Waals surface area (Å²) in [5.74, 6) is -1.46. The number of aromatic hydroxyl groups is 1. The van der Waals surface area contributed by atoms with Gasteiger partial charge in [-0.15, -0.1) is 0 Å². The maximum Gasteiger partial charge on any atom is 0.229 e. The Morgan fingerprint density at radius 3 is 1.65 bits per heavy atom. The first-order chi connectivity index (χ1) is 29.9. The largest absolute Gasteiger partial charge is 0.507 e. The van der Waals surface area contributed by atoms with E-state index in [0.717, 1.165) is 6.07 Å². The zero-order valence-corrected chi connectivity index (χ0v) is 33.3. The minimum absolute atomic E-state index is 0.134. The Labute approximate surface area is 357 Å². The molecule has 63 heavy (non-hydrogen) atoms. The number of phenolic OH excluding ortho intramolecular Hbond substituents is 1. The van der Waals surface area contributed by atoms with Crippen LogP contribution < -0.4 is 14.2 Å². The average molecular weight is 905 g/mol. The lowest BCUT2D eigenvalue weighted by molar-refractivity contribution is -0.383. The number of aliphatic hydroxyl groups excluding tert-OH is 13. The number of hydrogen-bond donors (Lipinski definition) is 14. The standard InChI is InChI=1S/C39H52O24/c1-12-24(45)28(49)31(52)36(55-12)63-35-34(62-38-33(54)30(51)26(47)21(10-41)60-38)27(48)22(11-42)61-39(35)57-15-6-16(43)23-17(44)8-18(58-19(23)7-15)13-2-4-14(5-3-13)56-37-32(53)29(50)25(46)20(9-40)59-37/h2-7,12,18,20-22,24-43,45-54H,8-11H2,1H3/t12-,18-,20+,21+,22+,24-,25+,26+,27+,28+,29-,30-,31+,32+,33+,34-,35+,36-,37-,38+,39+/m0/s1. The van der Waals surface area contributed by atoms with Crippen molar-refractivity contribution in [1.29, 1.82) is 0 Å². The first-order valence-electron chi connectivity index (χ1n) is 20.0. The van der Waals surface area contributed by atoms with Crippen LogP contribution >= 0.6 is 0 Å². The molecule has 4 saturated heterocycles. The summed E-state index contributed by atoms with van der Waals surface area (Å²) in [6, 6.07) is 8.16. The van der Waals surface area contributed by atoms with Gasteiger partial charge in [-0.1, -0.05) is 12.1 Å². The molecule has 0 spiro atoms. The van der Waals surface area contributed by atoms with E-state index >= 15 is 0 Å². The molecule has 5 aliphatic rings. The van der Waals surface area contributed by atoms with Crippen molar-refractivity contribution in [3.05, 3.63) is 47.5 Å². The van der Waals surface area contributed by atoms with Crippen LogP contribution in [0.2, 0.25) is 0 Å². The molecule has 21 atom stereocenters. The number of carbonyl (C=O) groups is 1. The molecule has 5 heterocycles. The Bertz CT molecular complexity index is 1850. The fourth-order valence-corrected chi connectivity index (χ4v) is 7.91. The highest BCUT2D eigenvalue weighted by atomic mass is 16.8. The summed E-state index contributed by atoms with van der Waals surface area (Å²) in [7, 11) is 0. The number of ether oxygens (including phenoxy) is 9. The third kappa shape index (κ3) is 9.48. The molecular formula is C39H52O24. The van der Waals surface area contributed by atoms with Gasteiger partial charge < -0.3 is 114 Å². The third-order valence-electron chi connectivity index (χ3n) is 11.6. The van der Waals surface area contributed by atoms with Crippen LogP contribution in [0.4, 0.5) is 0 Å². The van der Waals surface area contributed by atoms with E-state index in [1.807, 2.05) is 0 Å². The van der Waals surface area contributed by atoms with E-state index in [2.05, 4.69) is 0 Å². The molecule has 0 aromatic heterocycles. The van der Waals surface area contributed by atoms with Gasteiger partial charge >= 0.3 is 0 Å². The van der Waals surface area contributed by atoms with Crippen LogP contribution in [0.15, 0.2) is 36.4 Å². The number of phenols is 1. The number of rotatable bonds is 12. The van der Waals surface area contributed by atoms with Gasteiger partial charge in [0.05, 0.1) is 32.3 Å². The quantitative estimate of drug-likeness (QED) is 0.0943. The Balaban J connectivity index is 1.14. The summed E-state index contributed by atoms with van der Waals surface area (Å²) in [5, 5.41) is 146. The normalized spacial score (nSPS) is 43.1. The highest BCUT2D eigenvalue weighted by Gasteiger charge is 2.55. The molecule has 7 rings (SSSR count). The van der Waals surface area contributed by atoms with Crippen LogP contribution in [-0.2, 0) is 28.4 Å².